The average molecular weight is 260 g/mol. The van der Waals surface area contributed by atoms with Crippen LogP contribution in [-0.2, 0) is 10.3 Å². The molecule has 1 aromatic carbocycles. The van der Waals surface area contributed by atoms with Crippen LogP contribution in [0, 0.1) is 0 Å². The van der Waals surface area contributed by atoms with E-state index in [-0.39, 0.29) is 5.91 Å². The van der Waals surface area contributed by atoms with E-state index in [1.54, 1.807) is 31.2 Å². The highest BCUT2D eigenvalue weighted by Gasteiger charge is 2.43. The molecule has 1 atom stereocenters. The number of amides is 3. The lowest BCUT2D eigenvalue weighted by Crippen LogP contribution is -2.40. The molecule has 0 saturated carbocycles. The number of carbonyl (C=O) groups excluding carboxylic acids is 2. The van der Waals surface area contributed by atoms with Crippen molar-refractivity contribution < 1.29 is 14.3 Å². The summed E-state index contributed by atoms with van der Waals surface area (Å²) in [7, 11) is 0. The lowest BCUT2D eigenvalue weighted by Gasteiger charge is -2.21. The summed E-state index contributed by atoms with van der Waals surface area (Å²) in [5.41, 5.74) is 0.612. The highest BCUT2D eigenvalue weighted by molar-refractivity contribution is 6.07. The predicted octanol–water partition coefficient (Wildman–Crippen LogP) is 1.70. The SMILES string of the molecule is C=C(C)COc1ccc([C@]2(C)NC(=O)NC2=O)cc1. The number of benzene rings is 1. The first-order valence-electron chi connectivity index (χ1n) is 5.93. The van der Waals surface area contributed by atoms with Crippen molar-refractivity contribution in [3.63, 3.8) is 0 Å². The van der Waals surface area contributed by atoms with Gasteiger partial charge in [0.25, 0.3) is 5.91 Å². The summed E-state index contributed by atoms with van der Waals surface area (Å²) in [6.07, 6.45) is 0. The molecular formula is C14H16N2O3. The summed E-state index contributed by atoms with van der Waals surface area (Å²) in [4.78, 5) is 23.0. The van der Waals surface area contributed by atoms with Crippen LogP contribution >= 0.6 is 0 Å². The summed E-state index contributed by atoms with van der Waals surface area (Å²) in [5.74, 6) is 0.341. The summed E-state index contributed by atoms with van der Waals surface area (Å²) >= 11 is 0. The first-order valence-corrected chi connectivity index (χ1v) is 5.93. The smallest absolute Gasteiger partial charge is 0.322 e. The third kappa shape index (κ3) is 2.59. The average Bonchev–Trinajstić information content (AvgIpc) is 2.62. The summed E-state index contributed by atoms with van der Waals surface area (Å²) < 4.78 is 5.48. The second-order valence-electron chi connectivity index (χ2n) is 4.80. The number of ether oxygens (including phenoxy) is 1. The molecule has 1 aliphatic rings. The molecule has 0 unspecified atom stereocenters. The van der Waals surface area contributed by atoms with Crippen molar-refractivity contribution in [1.29, 1.82) is 0 Å². The van der Waals surface area contributed by atoms with E-state index in [0.717, 1.165) is 5.57 Å². The van der Waals surface area contributed by atoms with Crippen molar-refractivity contribution in [3.8, 4) is 5.75 Å². The van der Waals surface area contributed by atoms with Crippen LogP contribution in [0.5, 0.6) is 5.75 Å². The topological polar surface area (TPSA) is 67.4 Å². The maximum Gasteiger partial charge on any atom is 0.322 e. The molecule has 3 amide bonds. The molecule has 0 spiro atoms. The first-order chi connectivity index (χ1) is 8.91. The minimum absolute atomic E-state index is 0.354. The Balaban J connectivity index is 2.16. The third-order valence-electron chi connectivity index (χ3n) is 2.96. The number of urea groups is 1. The summed E-state index contributed by atoms with van der Waals surface area (Å²) in [6.45, 7) is 7.75. The fourth-order valence-electron chi connectivity index (χ4n) is 1.84. The van der Waals surface area contributed by atoms with E-state index in [1.165, 1.54) is 0 Å². The van der Waals surface area contributed by atoms with Crippen LogP contribution in [0.4, 0.5) is 4.79 Å². The fourth-order valence-corrected chi connectivity index (χ4v) is 1.84. The lowest BCUT2D eigenvalue weighted by atomic mass is 9.92. The Morgan fingerprint density at radius 3 is 2.42 bits per heavy atom. The lowest BCUT2D eigenvalue weighted by molar-refractivity contribution is -0.123. The Kier molecular flexibility index (Phi) is 3.29. The van der Waals surface area contributed by atoms with Crippen LogP contribution in [0.1, 0.15) is 19.4 Å². The number of nitrogens with one attached hydrogen (secondary N) is 2. The minimum atomic E-state index is -1.02. The Bertz CT molecular complexity index is 536. The van der Waals surface area contributed by atoms with Gasteiger partial charge in [-0.15, -0.1) is 0 Å². The molecule has 0 aromatic heterocycles. The number of rotatable bonds is 4. The van der Waals surface area contributed by atoms with Crippen LogP contribution in [-0.4, -0.2) is 18.5 Å². The van der Waals surface area contributed by atoms with Gasteiger partial charge in [0.15, 0.2) is 0 Å². The number of imide groups is 1. The standard InChI is InChI=1S/C14H16N2O3/c1-9(2)8-19-11-6-4-10(5-7-11)14(3)12(17)15-13(18)16-14/h4-7H,1,8H2,2-3H3,(H2,15,16,17,18)/t14-/m0/s1. The van der Waals surface area contributed by atoms with Crippen LogP contribution < -0.4 is 15.4 Å². The van der Waals surface area contributed by atoms with Crippen LogP contribution in [0.25, 0.3) is 0 Å². The van der Waals surface area contributed by atoms with Gasteiger partial charge in [-0.05, 0) is 37.1 Å². The normalized spacial score (nSPS) is 21.8. The maximum absolute atomic E-state index is 11.8. The monoisotopic (exact) mass is 260 g/mol. The molecule has 100 valence electrons. The molecule has 0 radical (unpaired) electrons. The van der Waals surface area contributed by atoms with Gasteiger partial charge < -0.3 is 10.1 Å². The molecule has 1 heterocycles. The largest absolute Gasteiger partial charge is 0.489 e. The first kappa shape index (κ1) is 13.1. The van der Waals surface area contributed by atoms with E-state index in [1.807, 2.05) is 6.92 Å². The minimum Gasteiger partial charge on any atom is -0.489 e. The molecule has 0 aliphatic carbocycles. The van der Waals surface area contributed by atoms with Gasteiger partial charge in [-0.25, -0.2) is 4.79 Å². The van der Waals surface area contributed by atoms with Gasteiger partial charge in [-0.3, -0.25) is 10.1 Å². The molecule has 1 aliphatic heterocycles. The zero-order valence-electron chi connectivity index (χ0n) is 10.9. The van der Waals surface area contributed by atoms with Crippen molar-refractivity contribution in [3.05, 3.63) is 42.0 Å². The second kappa shape index (κ2) is 4.76. The Morgan fingerprint density at radius 2 is 1.95 bits per heavy atom. The molecule has 1 aromatic rings. The van der Waals surface area contributed by atoms with Crippen LogP contribution in [0.2, 0.25) is 0 Å². The van der Waals surface area contributed by atoms with Crippen molar-refractivity contribution in [2.75, 3.05) is 6.61 Å². The molecule has 0 bridgehead atoms. The number of hydrogen-bond donors (Lipinski definition) is 2. The van der Waals surface area contributed by atoms with Gasteiger partial charge in [-0.2, -0.15) is 0 Å². The highest BCUT2D eigenvalue weighted by Crippen LogP contribution is 2.26. The van der Waals surface area contributed by atoms with Crippen molar-refractivity contribution >= 4 is 11.9 Å². The summed E-state index contributed by atoms with van der Waals surface area (Å²) in [5, 5.41) is 4.84. The van der Waals surface area contributed by atoms with E-state index in [4.69, 9.17) is 4.74 Å². The Hall–Kier alpha value is -2.30. The maximum atomic E-state index is 11.8. The van der Waals surface area contributed by atoms with Gasteiger partial charge in [0.05, 0.1) is 0 Å². The van der Waals surface area contributed by atoms with Crippen molar-refractivity contribution in [2.45, 2.75) is 19.4 Å². The molecule has 1 saturated heterocycles. The van der Waals surface area contributed by atoms with Crippen LogP contribution in [0.15, 0.2) is 36.4 Å². The predicted molar refractivity (Wildman–Crippen MR) is 70.8 cm³/mol. The van der Waals surface area contributed by atoms with E-state index in [9.17, 15) is 9.59 Å². The van der Waals surface area contributed by atoms with Crippen LogP contribution in [0.3, 0.4) is 0 Å². The second-order valence-corrected chi connectivity index (χ2v) is 4.80. The van der Waals surface area contributed by atoms with Gasteiger partial charge in [0, 0.05) is 0 Å². The fraction of sp³-hybridized carbons (Fsp3) is 0.286. The third-order valence-corrected chi connectivity index (χ3v) is 2.96. The molecule has 19 heavy (non-hydrogen) atoms. The van der Waals surface area contributed by atoms with Gasteiger partial charge in [0.2, 0.25) is 0 Å². The van der Waals surface area contributed by atoms with E-state index >= 15 is 0 Å². The van der Waals surface area contributed by atoms with Gasteiger partial charge in [-0.1, -0.05) is 18.7 Å². The van der Waals surface area contributed by atoms with E-state index in [2.05, 4.69) is 17.2 Å². The molecule has 5 nitrogen and oxygen atoms in total. The summed E-state index contributed by atoms with van der Waals surface area (Å²) in [6, 6.07) is 6.58. The van der Waals surface area contributed by atoms with E-state index in [0.29, 0.717) is 17.9 Å². The molecule has 2 N–H and O–H groups in total. The zero-order valence-corrected chi connectivity index (χ0v) is 10.9. The highest BCUT2D eigenvalue weighted by atomic mass is 16.5. The molecule has 2 rings (SSSR count). The van der Waals surface area contributed by atoms with E-state index < -0.39 is 11.6 Å². The molecular weight excluding hydrogens is 244 g/mol. The quantitative estimate of drug-likeness (QED) is 0.639. The Morgan fingerprint density at radius 1 is 1.32 bits per heavy atom. The molecule has 5 heteroatoms. The van der Waals surface area contributed by atoms with Crippen molar-refractivity contribution in [1.82, 2.24) is 10.6 Å². The van der Waals surface area contributed by atoms with Crippen molar-refractivity contribution in [2.24, 2.45) is 0 Å². The Labute approximate surface area is 111 Å². The number of carbonyl (C=O) groups is 2. The zero-order chi connectivity index (χ0) is 14.0. The number of hydrogen-bond acceptors (Lipinski definition) is 3. The van der Waals surface area contributed by atoms with Gasteiger partial charge >= 0.3 is 6.03 Å². The molecule has 1 fully saturated rings. The van der Waals surface area contributed by atoms with Gasteiger partial charge in [0.1, 0.15) is 17.9 Å².